The van der Waals surface area contributed by atoms with Crippen molar-refractivity contribution in [1.82, 2.24) is 20.2 Å². The number of rotatable bonds is 7. The van der Waals surface area contributed by atoms with Crippen LogP contribution in [0.2, 0.25) is 0 Å². The van der Waals surface area contributed by atoms with Crippen LogP contribution in [0.4, 0.5) is 0 Å². The summed E-state index contributed by atoms with van der Waals surface area (Å²) in [4.78, 5) is 11.8. The van der Waals surface area contributed by atoms with Crippen LogP contribution in [-0.2, 0) is 29.1 Å². The smallest absolute Gasteiger partial charge is 0.310 e. The topological polar surface area (TPSA) is 79.1 Å². The van der Waals surface area contributed by atoms with Crippen LogP contribution in [0, 0.1) is 0 Å². The van der Waals surface area contributed by atoms with E-state index in [1.807, 2.05) is 31.2 Å². The van der Waals surface area contributed by atoms with Crippen molar-refractivity contribution >= 4 is 5.97 Å². The van der Waals surface area contributed by atoms with Gasteiger partial charge in [-0.2, -0.15) is 0 Å². The van der Waals surface area contributed by atoms with E-state index >= 15 is 0 Å². The Balaban J connectivity index is 1.85. The third kappa shape index (κ3) is 4.27. The lowest BCUT2D eigenvalue weighted by Crippen LogP contribution is -2.12. The fourth-order valence-corrected chi connectivity index (χ4v) is 1.82. The van der Waals surface area contributed by atoms with Crippen LogP contribution in [0.15, 0.2) is 24.3 Å². The van der Waals surface area contributed by atoms with Gasteiger partial charge in [-0.15, -0.1) is 5.10 Å². The number of carbonyl (C=O) groups is 1. The number of hydrogen-bond donors (Lipinski definition) is 0. The Morgan fingerprint density at radius 3 is 2.71 bits per heavy atom. The van der Waals surface area contributed by atoms with E-state index in [1.165, 1.54) is 0 Å². The Morgan fingerprint density at radius 2 is 2.05 bits per heavy atom. The van der Waals surface area contributed by atoms with Gasteiger partial charge in [0, 0.05) is 6.54 Å². The summed E-state index contributed by atoms with van der Waals surface area (Å²) in [5.41, 5.74) is 0.869. The molecule has 0 spiro atoms. The third-order valence-corrected chi connectivity index (χ3v) is 2.91. The van der Waals surface area contributed by atoms with Gasteiger partial charge in [-0.1, -0.05) is 19.1 Å². The van der Waals surface area contributed by atoms with Gasteiger partial charge in [-0.3, -0.25) is 4.79 Å². The van der Waals surface area contributed by atoms with Crippen LogP contribution >= 0.6 is 0 Å². The lowest BCUT2D eigenvalue weighted by atomic mass is 10.1. The van der Waals surface area contributed by atoms with Crippen molar-refractivity contribution in [2.75, 3.05) is 7.11 Å². The molecule has 0 aliphatic heterocycles. The summed E-state index contributed by atoms with van der Waals surface area (Å²) < 4.78 is 11.9. The van der Waals surface area contributed by atoms with Crippen molar-refractivity contribution in [3.63, 3.8) is 0 Å². The molecule has 2 rings (SSSR count). The first-order chi connectivity index (χ1) is 10.2. The summed E-state index contributed by atoms with van der Waals surface area (Å²) in [6.45, 7) is 2.82. The molecule has 0 saturated heterocycles. The number of aryl methyl sites for hydroxylation is 1. The second-order valence-electron chi connectivity index (χ2n) is 4.50. The predicted molar refractivity (Wildman–Crippen MR) is 74.6 cm³/mol. The zero-order chi connectivity index (χ0) is 15.1. The van der Waals surface area contributed by atoms with Gasteiger partial charge in [0.1, 0.15) is 5.75 Å². The molecule has 0 saturated carbocycles. The Labute approximate surface area is 122 Å². The summed E-state index contributed by atoms with van der Waals surface area (Å²) in [6.07, 6.45) is 1.12. The maximum absolute atomic E-state index is 11.8. The van der Waals surface area contributed by atoms with Crippen LogP contribution in [0.5, 0.6) is 5.75 Å². The van der Waals surface area contributed by atoms with Crippen molar-refractivity contribution in [2.45, 2.75) is 32.9 Å². The van der Waals surface area contributed by atoms with E-state index in [2.05, 4.69) is 15.5 Å². The molecule has 2 aromatic rings. The Bertz CT molecular complexity index is 580. The molecule has 0 aliphatic carbocycles. The quantitative estimate of drug-likeness (QED) is 0.717. The largest absolute Gasteiger partial charge is 0.497 e. The molecule has 112 valence electrons. The highest BCUT2D eigenvalue weighted by atomic mass is 16.5. The second-order valence-corrected chi connectivity index (χ2v) is 4.50. The van der Waals surface area contributed by atoms with Crippen molar-refractivity contribution < 1.29 is 14.3 Å². The number of carbonyl (C=O) groups excluding carboxylic acids is 1. The number of tetrazole rings is 1. The highest BCUT2D eigenvalue weighted by Crippen LogP contribution is 2.12. The maximum Gasteiger partial charge on any atom is 0.310 e. The minimum absolute atomic E-state index is 0.0853. The summed E-state index contributed by atoms with van der Waals surface area (Å²) in [5, 5.41) is 11.3. The van der Waals surface area contributed by atoms with Crippen molar-refractivity contribution in [1.29, 1.82) is 0 Å². The lowest BCUT2D eigenvalue weighted by Gasteiger charge is -2.06. The van der Waals surface area contributed by atoms with Gasteiger partial charge in [-0.25, -0.2) is 4.68 Å². The van der Waals surface area contributed by atoms with Gasteiger partial charge in [0.2, 0.25) is 0 Å². The fourth-order valence-electron chi connectivity index (χ4n) is 1.82. The molecule has 0 fully saturated rings. The third-order valence-electron chi connectivity index (χ3n) is 2.91. The molecule has 0 atom stereocenters. The average molecular weight is 290 g/mol. The van der Waals surface area contributed by atoms with E-state index in [1.54, 1.807) is 11.8 Å². The molecular formula is C14H18N4O3. The van der Waals surface area contributed by atoms with E-state index < -0.39 is 0 Å². The number of aromatic nitrogens is 4. The number of hydrogen-bond acceptors (Lipinski definition) is 6. The highest BCUT2D eigenvalue weighted by molar-refractivity contribution is 5.72. The lowest BCUT2D eigenvalue weighted by molar-refractivity contribution is -0.144. The van der Waals surface area contributed by atoms with Crippen molar-refractivity contribution in [3.8, 4) is 5.75 Å². The molecule has 1 aromatic heterocycles. The summed E-state index contributed by atoms with van der Waals surface area (Å²) in [6, 6.07) is 7.29. The summed E-state index contributed by atoms with van der Waals surface area (Å²) in [7, 11) is 1.60. The molecule has 0 unspecified atom stereocenters. The summed E-state index contributed by atoms with van der Waals surface area (Å²) >= 11 is 0. The monoisotopic (exact) mass is 290 g/mol. The minimum Gasteiger partial charge on any atom is -0.497 e. The SMILES string of the molecule is CCCn1nnnc1COC(=O)Cc1ccc(OC)cc1. The first-order valence-corrected chi connectivity index (χ1v) is 6.76. The van der Waals surface area contributed by atoms with Crippen molar-refractivity contribution in [2.24, 2.45) is 0 Å². The Kier molecular flexibility index (Phi) is 5.25. The summed E-state index contributed by atoms with van der Waals surface area (Å²) in [5.74, 6) is 0.997. The molecule has 0 aliphatic rings. The number of ether oxygens (including phenoxy) is 2. The van der Waals surface area contributed by atoms with Gasteiger partial charge in [-0.05, 0) is 34.5 Å². The first-order valence-electron chi connectivity index (χ1n) is 6.76. The highest BCUT2D eigenvalue weighted by Gasteiger charge is 2.10. The number of esters is 1. The molecule has 1 heterocycles. The van der Waals surface area contributed by atoms with Crippen molar-refractivity contribution in [3.05, 3.63) is 35.7 Å². The van der Waals surface area contributed by atoms with Gasteiger partial charge < -0.3 is 9.47 Å². The minimum atomic E-state index is -0.314. The van der Waals surface area contributed by atoms with Crippen LogP contribution in [0.3, 0.4) is 0 Å². The van der Waals surface area contributed by atoms with Crippen LogP contribution in [0.1, 0.15) is 24.7 Å². The molecule has 7 nitrogen and oxygen atoms in total. The standard InChI is InChI=1S/C14H18N4O3/c1-3-8-18-13(15-16-17-18)10-21-14(19)9-11-4-6-12(20-2)7-5-11/h4-7H,3,8-10H2,1-2H3. The van der Waals surface area contributed by atoms with E-state index in [9.17, 15) is 4.79 Å². The zero-order valence-electron chi connectivity index (χ0n) is 12.2. The van der Waals surface area contributed by atoms with Gasteiger partial charge in [0.25, 0.3) is 0 Å². The Morgan fingerprint density at radius 1 is 1.29 bits per heavy atom. The van der Waals surface area contributed by atoms with E-state index in [-0.39, 0.29) is 19.0 Å². The van der Waals surface area contributed by atoms with Gasteiger partial charge in [0.05, 0.1) is 13.5 Å². The second kappa shape index (κ2) is 7.37. The molecule has 1 aromatic carbocycles. The molecule has 0 N–H and O–H groups in total. The maximum atomic E-state index is 11.8. The van der Waals surface area contributed by atoms with E-state index in [0.717, 1.165) is 17.7 Å². The molecule has 0 bridgehead atoms. The Hall–Kier alpha value is -2.44. The molecule has 7 heteroatoms. The van der Waals surface area contributed by atoms with Crippen LogP contribution in [-0.4, -0.2) is 33.3 Å². The first kappa shape index (κ1) is 15.0. The number of benzene rings is 1. The van der Waals surface area contributed by atoms with Gasteiger partial charge in [0.15, 0.2) is 12.4 Å². The van der Waals surface area contributed by atoms with Crippen LogP contribution in [0.25, 0.3) is 0 Å². The number of nitrogens with zero attached hydrogens (tertiary/aromatic N) is 4. The molecule has 0 amide bonds. The zero-order valence-corrected chi connectivity index (χ0v) is 12.2. The average Bonchev–Trinajstić information content (AvgIpc) is 2.94. The van der Waals surface area contributed by atoms with Crippen LogP contribution < -0.4 is 4.74 Å². The van der Waals surface area contributed by atoms with E-state index in [4.69, 9.17) is 9.47 Å². The molecular weight excluding hydrogens is 272 g/mol. The predicted octanol–water partition coefficient (Wildman–Crippen LogP) is 1.38. The number of methoxy groups -OCH3 is 1. The fraction of sp³-hybridized carbons (Fsp3) is 0.429. The van der Waals surface area contributed by atoms with Gasteiger partial charge >= 0.3 is 5.97 Å². The normalized spacial score (nSPS) is 10.4. The molecule has 21 heavy (non-hydrogen) atoms. The molecule has 0 radical (unpaired) electrons. The van der Waals surface area contributed by atoms with E-state index in [0.29, 0.717) is 12.4 Å².